The van der Waals surface area contributed by atoms with Crippen molar-refractivity contribution in [3.05, 3.63) is 34.3 Å². The van der Waals surface area contributed by atoms with E-state index < -0.39 is 0 Å². The normalized spacial score (nSPS) is 23.0. The van der Waals surface area contributed by atoms with Gasteiger partial charge >= 0.3 is 0 Å². The molecular weight excluding hydrogens is 328 g/mol. The van der Waals surface area contributed by atoms with Gasteiger partial charge in [-0.15, -0.1) is 0 Å². The highest BCUT2D eigenvalue weighted by atomic mass is 79.9. The van der Waals surface area contributed by atoms with E-state index in [-0.39, 0.29) is 17.5 Å². The van der Waals surface area contributed by atoms with Crippen LogP contribution in [-0.4, -0.2) is 24.0 Å². The van der Waals surface area contributed by atoms with Crippen LogP contribution in [0.1, 0.15) is 45.1 Å². The number of hydrogen-bond acceptors (Lipinski definition) is 2. The Morgan fingerprint density at radius 3 is 2.71 bits per heavy atom. The summed E-state index contributed by atoms with van der Waals surface area (Å²) in [5.74, 6) is 0.173. The van der Waals surface area contributed by atoms with E-state index in [2.05, 4.69) is 52.5 Å². The van der Waals surface area contributed by atoms with Gasteiger partial charge in [0.15, 0.2) is 0 Å². The van der Waals surface area contributed by atoms with Crippen LogP contribution >= 0.6 is 15.9 Å². The number of carbonyl (C=O) groups is 1. The summed E-state index contributed by atoms with van der Waals surface area (Å²) < 4.78 is 1.08. The zero-order valence-corrected chi connectivity index (χ0v) is 14.5. The number of benzene rings is 1. The van der Waals surface area contributed by atoms with Crippen LogP contribution in [0.4, 0.5) is 0 Å². The van der Waals surface area contributed by atoms with Crippen molar-refractivity contribution in [2.75, 3.05) is 6.54 Å². The molecule has 2 unspecified atom stereocenters. The summed E-state index contributed by atoms with van der Waals surface area (Å²) in [7, 11) is 0. The van der Waals surface area contributed by atoms with Gasteiger partial charge in [0.05, 0.1) is 5.54 Å². The molecule has 3 nitrogen and oxygen atoms in total. The summed E-state index contributed by atoms with van der Waals surface area (Å²) in [5, 5.41) is 6.63. The van der Waals surface area contributed by atoms with Crippen molar-refractivity contribution in [3.63, 3.8) is 0 Å². The van der Waals surface area contributed by atoms with Gasteiger partial charge in [0, 0.05) is 10.5 Å². The van der Waals surface area contributed by atoms with Crippen LogP contribution in [0.25, 0.3) is 0 Å². The molecular formula is C17H25BrN2O. The van der Waals surface area contributed by atoms with E-state index in [9.17, 15) is 4.79 Å². The maximum absolute atomic E-state index is 12.6. The maximum Gasteiger partial charge on any atom is 0.240 e. The summed E-state index contributed by atoms with van der Waals surface area (Å²) in [5.41, 5.74) is 0.915. The molecule has 116 valence electrons. The number of halogens is 1. The van der Waals surface area contributed by atoms with Gasteiger partial charge in [0.2, 0.25) is 5.91 Å². The van der Waals surface area contributed by atoms with E-state index in [1.807, 2.05) is 12.1 Å². The lowest BCUT2D eigenvalue weighted by Crippen LogP contribution is -2.55. The van der Waals surface area contributed by atoms with Crippen LogP contribution in [0.5, 0.6) is 0 Å². The summed E-state index contributed by atoms with van der Waals surface area (Å²) in [6, 6.07) is 8.43. The molecule has 0 saturated carbocycles. The molecule has 2 N–H and O–H groups in total. The van der Waals surface area contributed by atoms with E-state index in [4.69, 9.17) is 0 Å². The van der Waals surface area contributed by atoms with Crippen LogP contribution in [-0.2, 0) is 11.2 Å². The van der Waals surface area contributed by atoms with Crippen molar-refractivity contribution < 1.29 is 4.79 Å². The zero-order chi connectivity index (χ0) is 15.3. The molecule has 0 aliphatic carbocycles. The van der Waals surface area contributed by atoms with Crippen LogP contribution in [0.3, 0.4) is 0 Å². The molecule has 4 heteroatoms. The molecule has 0 radical (unpaired) electrons. The van der Waals surface area contributed by atoms with Gasteiger partial charge in [-0.25, -0.2) is 0 Å². The van der Waals surface area contributed by atoms with Gasteiger partial charge in [0.1, 0.15) is 0 Å². The van der Waals surface area contributed by atoms with Crippen LogP contribution < -0.4 is 10.6 Å². The first kappa shape index (κ1) is 16.5. The molecule has 0 spiro atoms. The Balaban J connectivity index is 1.93. The summed E-state index contributed by atoms with van der Waals surface area (Å²) >= 11 is 3.44. The fraction of sp³-hybridized carbons (Fsp3) is 0.588. The third-order valence-corrected chi connectivity index (χ3v) is 4.72. The van der Waals surface area contributed by atoms with Crippen LogP contribution in [0.2, 0.25) is 0 Å². The van der Waals surface area contributed by atoms with E-state index >= 15 is 0 Å². The van der Waals surface area contributed by atoms with E-state index in [0.29, 0.717) is 0 Å². The second kappa shape index (κ2) is 7.41. The molecule has 1 aromatic rings. The largest absolute Gasteiger partial charge is 0.352 e. The molecule has 0 bridgehead atoms. The highest BCUT2D eigenvalue weighted by molar-refractivity contribution is 9.10. The molecule has 1 heterocycles. The minimum atomic E-state index is -0.331. The molecule has 1 fully saturated rings. The molecule has 1 aliphatic heterocycles. The molecule has 21 heavy (non-hydrogen) atoms. The van der Waals surface area contributed by atoms with Crippen LogP contribution in [0, 0.1) is 0 Å². The standard InChI is InChI=1S/C17H25BrN2O/c1-3-9-17(10-4-11-19-17)16(21)20-13(2)12-14-5-7-15(18)8-6-14/h5-8,13,19H,3-4,9-12H2,1-2H3,(H,20,21). The first-order chi connectivity index (χ1) is 10.1. The van der Waals surface area contributed by atoms with E-state index in [1.54, 1.807) is 0 Å². The van der Waals surface area contributed by atoms with Crippen molar-refractivity contribution in [1.82, 2.24) is 10.6 Å². The van der Waals surface area contributed by atoms with Crippen molar-refractivity contribution in [2.24, 2.45) is 0 Å². The first-order valence-electron chi connectivity index (χ1n) is 7.86. The predicted molar refractivity (Wildman–Crippen MR) is 90.3 cm³/mol. The van der Waals surface area contributed by atoms with E-state index in [1.165, 1.54) is 5.56 Å². The highest BCUT2D eigenvalue weighted by Gasteiger charge is 2.40. The lowest BCUT2D eigenvalue weighted by molar-refractivity contribution is -0.128. The first-order valence-corrected chi connectivity index (χ1v) is 8.65. The number of nitrogens with one attached hydrogen (secondary N) is 2. The van der Waals surface area contributed by atoms with Crippen molar-refractivity contribution in [2.45, 2.75) is 57.5 Å². The van der Waals surface area contributed by atoms with Crippen molar-refractivity contribution >= 4 is 21.8 Å². The highest BCUT2D eigenvalue weighted by Crippen LogP contribution is 2.25. The predicted octanol–water partition coefficient (Wildman–Crippen LogP) is 3.42. The van der Waals surface area contributed by atoms with Crippen molar-refractivity contribution in [3.8, 4) is 0 Å². The Morgan fingerprint density at radius 1 is 1.43 bits per heavy atom. The monoisotopic (exact) mass is 352 g/mol. The van der Waals surface area contributed by atoms with Crippen molar-refractivity contribution in [1.29, 1.82) is 0 Å². The fourth-order valence-electron chi connectivity index (χ4n) is 3.14. The zero-order valence-electron chi connectivity index (χ0n) is 12.9. The Hall–Kier alpha value is -0.870. The average molecular weight is 353 g/mol. The molecule has 2 rings (SSSR count). The van der Waals surface area contributed by atoms with Gasteiger partial charge in [0.25, 0.3) is 0 Å². The van der Waals surface area contributed by atoms with Gasteiger partial charge in [-0.05, 0) is 56.8 Å². The molecule has 0 aromatic heterocycles. The number of amides is 1. The molecule has 1 aromatic carbocycles. The third-order valence-electron chi connectivity index (χ3n) is 4.19. The minimum Gasteiger partial charge on any atom is -0.352 e. The van der Waals surface area contributed by atoms with Gasteiger partial charge < -0.3 is 10.6 Å². The number of hydrogen-bond donors (Lipinski definition) is 2. The van der Waals surface area contributed by atoms with E-state index in [0.717, 1.165) is 43.1 Å². The topological polar surface area (TPSA) is 41.1 Å². The summed E-state index contributed by atoms with van der Waals surface area (Å²) in [4.78, 5) is 12.6. The van der Waals surface area contributed by atoms with Gasteiger partial charge in [-0.2, -0.15) is 0 Å². The maximum atomic E-state index is 12.6. The lowest BCUT2D eigenvalue weighted by atomic mass is 9.90. The van der Waals surface area contributed by atoms with Crippen LogP contribution in [0.15, 0.2) is 28.7 Å². The number of carbonyl (C=O) groups excluding carboxylic acids is 1. The fourth-order valence-corrected chi connectivity index (χ4v) is 3.41. The Bertz CT molecular complexity index is 466. The average Bonchev–Trinajstić information content (AvgIpc) is 2.92. The lowest BCUT2D eigenvalue weighted by Gasteiger charge is -2.29. The van der Waals surface area contributed by atoms with Gasteiger partial charge in [-0.3, -0.25) is 4.79 Å². The molecule has 1 amide bonds. The number of rotatable bonds is 6. The molecule has 2 atom stereocenters. The smallest absolute Gasteiger partial charge is 0.240 e. The Kier molecular flexibility index (Phi) is 5.82. The SMILES string of the molecule is CCCC1(C(=O)NC(C)Cc2ccc(Br)cc2)CCCN1. The quantitative estimate of drug-likeness (QED) is 0.823. The third kappa shape index (κ3) is 4.30. The molecule has 1 saturated heterocycles. The Morgan fingerprint density at radius 2 is 2.14 bits per heavy atom. The summed E-state index contributed by atoms with van der Waals surface area (Å²) in [6.45, 7) is 5.17. The second-order valence-corrected chi connectivity index (χ2v) is 6.98. The minimum absolute atomic E-state index is 0.148. The van der Waals surface area contributed by atoms with Gasteiger partial charge in [-0.1, -0.05) is 41.4 Å². The summed E-state index contributed by atoms with van der Waals surface area (Å²) in [6.07, 6.45) is 4.86. The second-order valence-electron chi connectivity index (χ2n) is 6.07. The Labute approximate surface area is 136 Å². The molecule has 1 aliphatic rings.